The Morgan fingerprint density at radius 3 is 2.68 bits per heavy atom. The first kappa shape index (κ1) is 13.6. The third-order valence-corrected chi connectivity index (χ3v) is 4.22. The highest BCUT2D eigenvalue weighted by molar-refractivity contribution is 7.88. The van der Waals surface area contributed by atoms with E-state index in [1.807, 2.05) is 19.3 Å². The van der Waals surface area contributed by atoms with Gasteiger partial charge >= 0.3 is 0 Å². The van der Waals surface area contributed by atoms with Crippen LogP contribution in [0.15, 0.2) is 33.9 Å². The molecule has 0 saturated heterocycles. The number of anilines is 1. The van der Waals surface area contributed by atoms with E-state index in [9.17, 15) is 8.42 Å². The number of aryl methyl sites for hydroxylation is 1. The fraction of sp³-hybridized carbons (Fsp3) is 0.364. The van der Waals surface area contributed by atoms with Crippen LogP contribution < -0.4 is 5.32 Å². The molecule has 1 N–H and O–H groups in total. The lowest BCUT2D eigenvalue weighted by Crippen LogP contribution is -2.21. The second kappa shape index (κ2) is 5.06. The summed E-state index contributed by atoms with van der Waals surface area (Å²) in [5, 5.41) is 7.13. The number of aromatic nitrogens is 2. The zero-order chi connectivity index (χ0) is 14.0. The third-order valence-electron chi connectivity index (χ3n) is 2.53. The number of furan rings is 1. The van der Waals surface area contributed by atoms with Crippen molar-refractivity contribution in [2.45, 2.75) is 11.6 Å². The predicted molar refractivity (Wildman–Crippen MR) is 70.1 cm³/mol. The standard InChI is InChI=1S/C11H16N4O3S/c1-14(2)19(16,17)11-5-4-9(18-11)8-12-10-6-7-15(3)13-10/h4-7H,8H2,1-3H3,(H,12,13). The lowest BCUT2D eigenvalue weighted by Gasteiger charge is -2.07. The van der Waals surface area contributed by atoms with Crippen molar-refractivity contribution in [3.63, 3.8) is 0 Å². The molecule has 2 heterocycles. The van der Waals surface area contributed by atoms with Crippen LogP contribution in [0.25, 0.3) is 0 Å². The number of sulfonamides is 1. The first-order chi connectivity index (χ1) is 8.89. The van der Waals surface area contributed by atoms with Gasteiger partial charge in [0.15, 0.2) is 0 Å². The van der Waals surface area contributed by atoms with Gasteiger partial charge in [0, 0.05) is 33.4 Å². The highest BCUT2D eigenvalue weighted by atomic mass is 32.2. The molecule has 0 aromatic carbocycles. The second-order valence-corrected chi connectivity index (χ2v) is 6.32. The number of rotatable bonds is 5. The maximum absolute atomic E-state index is 11.8. The van der Waals surface area contributed by atoms with Gasteiger partial charge < -0.3 is 9.73 Å². The molecule has 0 saturated carbocycles. The summed E-state index contributed by atoms with van der Waals surface area (Å²) < 4.78 is 31.7. The fourth-order valence-corrected chi connectivity index (χ4v) is 2.27. The Morgan fingerprint density at radius 1 is 1.37 bits per heavy atom. The van der Waals surface area contributed by atoms with Crippen LogP contribution in [0.4, 0.5) is 5.82 Å². The monoisotopic (exact) mass is 284 g/mol. The highest BCUT2D eigenvalue weighted by Crippen LogP contribution is 2.17. The number of hydrogen-bond acceptors (Lipinski definition) is 5. The minimum absolute atomic E-state index is 0.0599. The molecule has 0 aliphatic heterocycles. The molecule has 2 aromatic rings. The number of nitrogens with zero attached hydrogens (tertiary/aromatic N) is 3. The number of nitrogens with one attached hydrogen (secondary N) is 1. The van der Waals surface area contributed by atoms with E-state index >= 15 is 0 Å². The van der Waals surface area contributed by atoms with Gasteiger partial charge in [0.2, 0.25) is 5.09 Å². The average molecular weight is 284 g/mol. The Labute approximate surface area is 111 Å². The fourth-order valence-electron chi connectivity index (χ4n) is 1.46. The minimum Gasteiger partial charge on any atom is -0.446 e. The molecular weight excluding hydrogens is 268 g/mol. The summed E-state index contributed by atoms with van der Waals surface area (Å²) in [7, 11) is 1.23. The van der Waals surface area contributed by atoms with Crippen LogP contribution in [0, 0.1) is 0 Å². The zero-order valence-electron chi connectivity index (χ0n) is 11.0. The van der Waals surface area contributed by atoms with Crippen LogP contribution in [0.2, 0.25) is 0 Å². The Kier molecular flexibility index (Phi) is 3.63. The average Bonchev–Trinajstić information content (AvgIpc) is 2.95. The van der Waals surface area contributed by atoms with Crippen molar-refractivity contribution in [3.8, 4) is 0 Å². The van der Waals surface area contributed by atoms with Crippen molar-refractivity contribution in [3.05, 3.63) is 30.2 Å². The van der Waals surface area contributed by atoms with Crippen LogP contribution in [-0.2, 0) is 23.6 Å². The van der Waals surface area contributed by atoms with Crippen LogP contribution in [0.1, 0.15) is 5.76 Å². The summed E-state index contributed by atoms with van der Waals surface area (Å²) in [4.78, 5) is 0. The lowest BCUT2D eigenvalue weighted by atomic mass is 10.4. The Hall–Kier alpha value is -1.80. The smallest absolute Gasteiger partial charge is 0.275 e. The van der Waals surface area contributed by atoms with Gasteiger partial charge in [-0.2, -0.15) is 5.10 Å². The van der Waals surface area contributed by atoms with Gasteiger partial charge in [-0.15, -0.1) is 0 Å². The molecule has 7 nitrogen and oxygen atoms in total. The molecule has 0 radical (unpaired) electrons. The van der Waals surface area contributed by atoms with E-state index in [2.05, 4.69) is 10.4 Å². The summed E-state index contributed by atoms with van der Waals surface area (Å²) in [6.07, 6.45) is 1.81. The van der Waals surface area contributed by atoms with Gasteiger partial charge in [0.05, 0.1) is 6.54 Å². The second-order valence-electron chi connectivity index (χ2n) is 4.24. The van der Waals surface area contributed by atoms with Gasteiger partial charge in [-0.25, -0.2) is 12.7 Å². The molecule has 0 aliphatic carbocycles. The van der Waals surface area contributed by atoms with E-state index in [-0.39, 0.29) is 5.09 Å². The zero-order valence-corrected chi connectivity index (χ0v) is 11.8. The molecular formula is C11H16N4O3S. The van der Waals surface area contributed by atoms with Crippen molar-refractivity contribution in [2.24, 2.45) is 7.05 Å². The molecule has 0 amide bonds. The molecule has 2 aromatic heterocycles. The van der Waals surface area contributed by atoms with Crippen LogP contribution in [-0.4, -0.2) is 36.6 Å². The maximum atomic E-state index is 11.8. The van der Waals surface area contributed by atoms with Crippen molar-refractivity contribution >= 4 is 15.8 Å². The Balaban J connectivity index is 2.06. The molecule has 0 bridgehead atoms. The molecule has 0 fully saturated rings. The Morgan fingerprint density at radius 2 is 2.11 bits per heavy atom. The van der Waals surface area contributed by atoms with Crippen LogP contribution in [0.3, 0.4) is 0 Å². The van der Waals surface area contributed by atoms with Gasteiger partial charge in [-0.05, 0) is 12.1 Å². The van der Waals surface area contributed by atoms with E-state index in [0.717, 1.165) is 4.31 Å². The molecule has 0 unspecified atom stereocenters. The summed E-state index contributed by atoms with van der Waals surface area (Å²) in [6, 6.07) is 4.90. The summed E-state index contributed by atoms with van der Waals surface area (Å²) in [6.45, 7) is 0.375. The van der Waals surface area contributed by atoms with E-state index in [4.69, 9.17) is 4.42 Å². The van der Waals surface area contributed by atoms with Crippen molar-refractivity contribution in [1.29, 1.82) is 0 Å². The molecule has 104 valence electrons. The normalized spacial score (nSPS) is 12.0. The predicted octanol–water partition coefficient (Wildman–Crippen LogP) is 0.875. The molecule has 2 rings (SSSR count). The van der Waals surface area contributed by atoms with Gasteiger partial charge in [0.1, 0.15) is 11.6 Å². The summed E-state index contributed by atoms with van der Waals surface area (Å²) in [5.74, 6) is 1.24. The maximum Gasteiger partial charge on any atom is 0.275 e. The van der Waals surface area contributed by atoms with Crippen LogP contribution in [0.5, 0.6) is 0 Å². The Bertz CT molecular complexity index is 657. The summed E-state index contributed by atoms with van der Waals surface area (Å²) >= 11 is 0. The van der Waals surface area contributed by atoms with Crippen LogP contribution >= 0.6 is 0 Å². The van der Waals surface area contributed by atoms with E-state index in [1.54, 1.807) is 10.7 Å². The molecule has 0 atom stereocenters. The van der Waals surface area contributed by atoms with Crippen molar-refractivity contribution in [1.82, 2.24) is 14.1 Å². The van der Waals surface area contributed by atoms with Gasteiger partial charge in [-0.1, -0.05) is 0 Å². The third kappa shape index (κ3) is 2.96. The first-order valence-electron chi connectivity index (χ1n) is 5.64. The SMILES string of the molecule is CN(C)S(=O)(=O)c1ccc(CNc2ccn(C)n2)o1. The molecule has 0 aliphatic rings. The van der Waals surface area contributed by atoms with E-state index in [0.29, 0.717) is 18.1 Å². The topological polar surface area (TPSA) is 80.4 Å². The molecule has 0 spiro atoms. The largest absolute Gasteiger partial charge is 0.446 e. The quantitative estimate of drug-likeness (QED) is 0.881. The first-order valence-corrected chi connectivity index (χ1v) is 7.08. The lowest BCUT2D eigenvalue weighted by molar-refractivity contribution is 0.402. The number of hydrogen-bond donors (Lipinski definition) is 1. The van der Waals surface area contributed by atoms with Gasteiger partial charge in [-0.3, -0.25) is 4.68 Å². The van der Waals surface area contributed by atoms with E-state index < -0.39 is 10.0 Å². The molecule has 19 heavy (non-hydrogen) atoms. The van der Waals surface area contributed by atoms with Crippen molar-refractivity contribution < 1.29 is 12.8 Å². The summed E-state index contributed by atoms with van der Waals surface area (Å²) in [5.41, 5.74) is 0. The van der Waals surface area contributed by atoms with E-state index in [1.165, 1.54) is 20.2 Å². The molecule has 8 heteroatoms. The van der Waals surface area contributed by atoms with Crippen molar-refractivity contribution in [2.75, 3.05) is 19.4 Å². The van der Waals surface area contributed by atoms with Gasteiger partial charge in [0.25, 0.3) is 10.0 Å². The highest BCUT2D eigenvalue weighted by Gasteiger charge is 2.21. The minimum atomic E-state index is -3.52.